The second-order valence-corrected chi connectivity index (χ2v) is 4.13. The van der Waals surface area contributed by atoms with Crippen LogP contribution >= 0.6 is 0 Å². The molecular weight excluding hydrogens is 243 g/mol. The van der Waals surface area contributed by atoms with Gasteiger partial charge in [-0.2, -0.15) is 5.26 Å². The van der Waals surface area contributed by atoms with Crippen molar-refractivity contribution in [3.8, 4) is 6.07 Å². The van der Waals surface area contributed by atoms with Gasteiger partial charge in [0.25, 0.3) is 5.91 Å². The van der Waals surface area contributed by atoms with Crippen LogP contribution in [0.5, 0.6) is 0 Å². The Morgan fingerprint density at radius 1 is 1.26 bits per heavy atom. The van der Waals surface area contributed by atoms with Crippen LogP contribution in [0.25, 0.3) is 0 Å². The Morgan fingerprint density at radius 2 is 2.05 bits per heavy atom. The first-order chi connectivity index (χ1) is 9.10. The van der Waals surface area contributed by atoms with Crippen LogP contribution in [0.4, 0.5) is 10.1 Å². The number of nitriles is 1. The van der Waals surface area contributed by atoms with Crippen molar-refractivity contribution in [3.63, 3.8) is 0 Å². The third kappa shape index (κ3) is 2.96. The molecule has 2 aromatic rings. The summed E-state index contributed by atoms with van der Waals surface area (Å²) in [6.45, 7) is 1.75. The maximum Gasteiger partial charge on any atom is 0.258 e. The van der Waals surface area contributed by atoms with Crippen LogP contribution in [0.15, 0.2) is 42.5 Å². The summed E-state index contributed by atoms with van der Waals surface area (Å²) >= 11 is 0. The monoisotopic (exact) mass is 254 g/mol. The number of nitrogens with one attached hydrogen (secondary N) is 1. The van der Waals surface area contributed by atoms with Crippen molar-refractivity contribution in [1.29, 1.82) is 5.26 Å². The van der Waals surface area contributed by atoms with Crippen molar-refractivity contribution >= 4 is 11.6 Å². The van der Waals surface area contributed by atoms with Gasteiger partial charge in [0.2, 0.25) is 0 Å². The van der Waals surface area contributed by atoms with E-state index in [1.165, 1.54) is 18.2 Å². The fourth-order valence-electron chi connectivity index (χ4n) is 1.67. The Labute approximate surface area is 110 Å². The van der Waals surface area contributed by atoms with E-state index in [1.54, 1.807) is 31.2 Å². The lowest BCUT2D eigenvalue weighted by molar-refractivity contribution is 0.102. The number of benzene rings is 2. The number of aryl methyl sites for hydroxylation is 1. The third-order valence-electron chi connectivity index (χ3n) is 2.62. The quantitative estimate of drug-likeness (QED) is 0.894. The van der Waals surface area contributed by atoms with Gasteiger partial charge in [0.1, 0.15) is 5.82 Å². The molecule has 0 aliphatic carbocycles. The van der Waals surface area contributed by atoms with Gasteiger partial charge in [-0.3, -0.25) is 4.79 Å². The first-order valence-corrected chi connectivity index (χ1v) is 5.68. The van der Waals surface area contributed by atoms with E-state index in [4.69, 9.17) is 5.26 Å². The van der Waals surface area contributed by atoms with Crippen LogP contribution in [0.3, 0.4) is 0 Å². The predicted octanol–water partition coefficient (Wildman–Crippen LogP) is 3.26. The van der Waals surface area contributed by atoms with E-state index in [9.17, 15) is 9.18 Å². The number of amides is 1. The van der Waals surface area contributed by atoms with Gasteiger partial charge in [0, 0.05) is 5.69 Å². The smallest absolute Gasteiger partial charge is 0.258 e. The molecule has 0 saturated heterocycles. The zero-order valence-electron chi connectivity index (χ0n) is 10.3. The number of anilines is 1. The summed E-state index contributed by atoms with van der Waals surface area (Å²) in [5.41, 5.74) is 1.62. The Hall–Kier alpha value is -2.67. The normalized spacial score (nSPS) is 9.74. The zero-order chi connectivity index (χ0) is 13.8. The Kier molecular flexibility index (Phi) is 3.58. The summed E-state index contributed by atoms with van der Waals surface area (Å²) in [6.07, 6.45) is 0. The Morgan fingerprint density at radius 3 is 2.74 bits per heavy atom. The van der Waals surface area contributed by atoms with Crippen LogP contribution in [0.2, 0.25) is 0 Å². The van der Waals surface area contributed by atoms with E-state index < -0.39 is 11.7 Å². The van der Waals surface area contributed by atoms with Gasteiger partial charge >= 0.3 is 0 Å². The summed E-state index contributed by atoms with van der Waals surface area (Å²) in [4.78, 5) is 11.9. The highest BCUT2D eigenvalue weighted by atomic mass is 19.1. The van der Waals surface area contributed by atoms with E-state index in [0.717, 1.165) is 5.56 Å². The molecule has 1 amide bonds. The van der Waals surface area contributed by atoms with Crippen molar-refractivity contribution in [2.24, 2.45) is 0 Å². The standard InChI is InChI=1S/C15H11FN2O/c1-10-5-6-13(14(16)7-10)15(19)18-12-4-2-3-11(8-12)9-17/h2-8H,1H3,(H,18,19). The molecule has 2 aromatic carbocycles. The maximum absolute atomic E-state index is 13.6. The molecule has 0 spiro atoms. The van der Waals surface area contributed by atoms with Crippen LogP contribution in [-0.4, -0.2) is 5.91 Å². The van der Waals surface area contributed by atoms with Gasteiger partial charge in [0.05, 0.1) is 17.2 Å². The number of halogens is 1. The molecule has 0 aliphatic rings. The second kappa shape index (κ2) is 5.32. The highest BCUT2D eigenvalue weighted by Gasteiger charge is 2.11. The maximum atomic E-state index is 13.6. The summed E-state index contributed by atoms with van der Waals surface area (Å²) in [6, 6.07) is 12.8. The van der Waals surface area contributed by atoms with Crippen molar-refractivity contribution in [1.82, 2.24) is 0 Å². The molecule has 0 saturated carbocycles. The minimum atomic E-state index is -0.561. The van der Waals surface area contributed by atoms with Crippen molar-refractivity contribution in [2.75, 3.05) is 5.32 Å². The van der Waals surface area contributed by atoms with Crippen LogP contribution in [-0.2, 0) is 0 Å². The number of hydrogen-bond donors (Lipinski definition) is 1. The molecule has 0 aromatic heterocycles. The summed E-state index contributed by atoms with van der Waals surface area (Å²) in [5, 5.41) is 11.3. The van der Waals surface area contributed by atoms with E-state index >= 15 is 0 Å². The molecule has 0 heterocycles. The summed E-state index contributed by atoms with van der Waals surface area (Å²) < 4.78 is 13.6. The van der Waals surface area contributed by atoms with Crippen LogP contribution in [0, 0.1) is 24.1 Å². The van der Waals surface area contributed by atoms with Crippen LogP contribution in [0.1, 0.15) is 21.5 Å². The molecule has 1 N–H and O–H groups in total. The lowest BCUT2D eigenvalue weighted by Crippen LogP contribution is -2.13. The van der Waals surface area contributed by atoms with Gasteiger partial charge < -0.3 is 5.32 Å². The molecule has 3 nitrogen and oxygen atoms in total. The number of carbonyl (C=O) groups excluding carboxylic acids is 1. The van der Waals surface area contributed by atoms with Crippen molar-refractivity contribution < 1.29 is 9.18 Å². The lowest BCUT2D eigenvalue weighted by Gasteiger charge is -2.06. The SMILES string of the molecule is Cc1ccc(C(=O)Nc2cccc(C#N)c2)c(F)c1. The number of rotatable bonds is 2. The fourth-order valence-corrected chi connectivity index (χ4v) is 1.67. The van der Waals surface area contributed by atoms with Gasteiger partial charge in [-0.15, -0.1) is 0 Å². The summed E-state index contributed by atoms with van der Waals surface area (Å²) in [5.74, 6) is -1.10. The average Bonchev–Trinajstić information content (AvgIpc) is 2.38. The average molecular weight is 254 g/mol. The molecular formula is C15H11FN2O. The third-order valence-corrected chi connectivity index (χ3v) is 2.62. The molecule has 0 unspecified atom stereocenters. The topological polar surface area (TPSA) is 52.9 Å². The number of nitrogens with zero attached hydrogens (tertiary/aromatic N) is 1. The molecule has 19 heavy (non-hydrogen) atoms. The second-order valence-electron chi connectivity index (χ2n) is 4.13. The largest absolute Gasteiger partial charge is 0.322 e. The first-order valence-electron chi connectivity index (χ1n) is 5.68. The van der Waals surface area contributed by atoms with Crippen molar-refractivity contribution in [3.05, 3.63) is 65.0 Å². The predicted molar refractivity (Wildman–Crippen MR) is 70.2 cm³/mol. The Bertz CT molecular complexity index is 674. The van der Waals surface area contributed by atoms with E-state index in [1.807, 2.05) is 6.07 Å². The molecule has 0 atom stereocenters. The van der Waals surface area contributed by atoms with E-state index in [2.05, 4.69) is 5.32 Å². The zero-order valence-corrected chi connectivity index (χ0v) is 10.3. The van der Waals surface area contributed by atoms with Gasteiger partial charge in [-0.1, -0.05) is 12.1 Å². The van der Waals surface area contributed by atoms with Gasteiger partial charge in [-0.25, -0.2) is 4.39 Å². The summed E-state index contributed by atoms with van der Waals surface area (Å²) in [7, 11) is 0. The Balaban J connectivity index is 2.23. The molecule has 4 heteroatoms. The molecule has 0 bridgehead atoms. The van der Waals surface area contributed by atoms with E-state index in [-0.39, 0.29) is 5.56 Å². The number of carbonyl (C=O) groups is 1. The lowest BCUT2D eigenvalue weighted by atomic mass is 10.1. The molecule has 2 rings (SSSR count). The van der Waals surface area contributed by atoms with Gasteiger partial charge in [0.15, 0.2) is 0 Å². The highest BCUT2D eigenvalue weighted by Crippen LogP contribution is 2.14. The fraction of sp³-hybridized carbons (Fsp3) is 0.0667. The minimum absolute atomic E-state index is 0.0204. The first kappa shape index (κ1) is 12.8. The highest BCUT2D eigenvalue weighted by molar-refractivity contribution is 6.04. The molecule has 94 valence electrons. The minimum Gasteiger partial charge on any atom is -0.322 e. The molecule has 0 fully saturated rings. The molecule has 0 radical (unpaired) electrons. The van der Waals surface area contributed by atoms with Crippen LogP contribution < -0.4 is 5.32 Å². The van der Waals surface area contributed by atoms with Gasteiger partial charge in [-0.05, 0) is 42.8 Å². The number of hydrogen-bond acceptors (Lipinski definition) is 2. The van der Waals surface area contributed by atoms with E-state index in [0.29, 0.717) is 11.3 Å². The van der Waals surface area contributed by atoms with Crippen molar-refractivity contribution in [2.45, 2.75) is 6.92 Å². The molecule has 0 aliphatic heterocycles.